The number of carbonyl (C=O) groups is 2. The van der Waals surface area contributed by atoms with Gasteiger partial charge in [0.05, 0.1) is 0 Å². The van der Waals surface area contributed by atoms with Crippen molar-refractivity contribution >= 4 is 12.2 Å². The maximum Gasteiger partial charge on any atom is 0.410 e. The number of nitrogens with zero attached hydrogens (tertiary/aromatic N) is 2. The van der Waals surface area contributed by atoms with E-state index in [9.17, 15) is 9.59 Å². The van der Waals surface area contributed by atoms with E-state index in [1.807, 2.05) is 51.3 Å². The van der Waals surface area contributed by atoms with Gasteiger partial charge in [0.15, 0.2) is 0 Å². The number of rotatable bonds is 6. The lowest BCUT2D eigenvalue weighted by Gasteiger charge is -2.35. The Bertz CT molecular complexity index is 636. The van der Waals surface area contributed by atoms with Crippen LogP contribution in [0, 0.1) is 5.92 Å². The first-order chi connectivity index (χ1) is 14.4. The summed E-state index contributed by atoms with van der Waals surface area (Å²) < 4.78 is 11.3. The predicted octanol–water partition coefficient (Wildman–Crippen LogP) is 4.54. The molecule has 178 valence electrons. The summed E-state index contributed by atoms with van der Waals surface area (Å²) in [5.41, 5.74) is -0.937. The van der Waals surface area contributed by atoms with Crippen molar-refractivity contribution < 1.29 is 19.1 Å². The van der Waals surface area contributed by atoms with Crippen molar-refractivity contribution in [2.75, 3.05) is 19.6 Å². The molecule has 0 aromatic rings. The summed E-state index contributed by atoms with van der Waals surface area (Å²) in [5.74, 6) is 0.450. The van der Waals surface area contributed by atoms with Crippen molar-refractivity contribution in [1.29, 1.82) is 0 Å². The van der Waals surface area contributed by atoms with Gasteiger partial charge in [0.25, 0.3) is 0 Å². The summed E-state index contributed by atoms with van der Waals surface area (Å²) in [7, 11) is 0. The Kier molecular flexibility index (Phi) is 7.44. The molecule has 0 radical (unpaired) electrons. The number of amides is 2. The third-order valence-corrected chi connectivity index (χ3v) is 6.37. The Hall–Kier alpha value is -1.50. The maximum absolute atomic E-state index is 12.7. The lowest BCUT2D eigenvalue weighted by atomic mass is 9.92. The van der Waals surface area contributed by atoms with Gasteiger partial charge < -0.3 is 24.6 Å². The van der Waals surface area contributed by atoms with Crippen LogP contribution in [-0.4, -0.2) is 70.9 Å². The van der Waals surface area contributed by atoms with Crippen LogP contribution < -0.4 is 5.32 Å². The minimum Gasteiger partial charge on any atom is -0.444 e. The minimum atomic E-state index is -0.470. The smallest absolute Gasteiger partial charge is 0.410 e. The van der Waals surface area contributed by atoms with E-state index < -0.39 is 11.2 Å². The van der Waals surface area contributed by atoms with Crippen LogP contribution in [0.15, 0.2) is 0 Å². The average Bonchev–Trinajstić information content (AvgIpc) is 3.14. The molecule has 2 saturated carbocycles. The lowest BCUT2D eigenvalue weighted by molar-refractivity contribution is 0.0157. The summed E-state index contributed by atoms with van der Waals surface area (Å²) in [5, 5.41) is 3.72. The number of hydrogen-bond acceptors (Lipinski definition) is 5. The summed E-state index contributed by atoms with van der Waals surface area (Å²) >= 11 is 0. The van der Waals surface area contributed by atoms with Crippen LogP contribution >= 0.6 is 0 Å². The fraction of sp³-hybridized carbons (Fsp3) is 0.917. The molecule has 1 saturated heterocycles. The highest BCUT2D eigenvalue weighted by atomic mass is 16.6. The number of likely N-dealkylation sites (tertiary alicyclic amines) is 1. The van der Waals surface area contributed by atoms with Gasteiger partial charge in [0, 0.05) is 37.8 Å². The quantitative estimate of drug-likeness (QED) is 0.660. The van der Waals surface area contributed by atoms with Crippen molar-refractivity contribution in [3.8, 4) is 0 Å². The largest absolute Gasteiger partial charge is 0.444 e. The molecule has 3 atom stereocenters. The normalized spacial score (nSPS) is 26.8. The average molecular weight is 438 g/mol. The maximum atomic E-state index is 12.7. The standard InChI is InChI=1S/C24H43N3O4/c1-23(2,3)30-21(28)26(17-12-13-17)16-14-25-19-10-7-9-18(19)20-11-8-15-27(20)22(29)31-24(4,5)6/h17-20,25H,7-16H2,1-6H3. The van der Waals surface area contributed by atoms with Crippen LogP contribution in [0.25, 0.3) is 0 Å². The first kappa shape index (κ1) is 24.1. The zero-order chi connectivity index (χ0) is 22.8. The summed E-state index contributed by atoms with van der Waals surface area (Å²) in [4.78, 5) is 29.2. The summed E-state index contributed by atoms with van der Waals surface area (Å²) in [6.07, 6.45) is 7.29. The third-order valence-electron chi connectivity index (χ3n) is 6.37. The first-order valence-corrected chi connectivity index (χ1v) is 12.2. The SMILES string of the molecule is CC(C)(C)OC(=O)N(CCNC1CCCC1C1CCCN1C(=O)OC(C)(C)C)C1CC1. The Labute approximate surface area is 188 Å². The fourth-order valence-corrected chi connectivity index (χ4v) is 4.99. The highest BCUT2D eigenvalue weighted by Gasteiger charge is 2.42. The molecule has 0 aromatic carbocycles. The van der Waals surface area contributed by atoms with E-state index >= 15 is 0 Å². The van der Waals surface area contributed by atoms with Crippen LogP contribution in [-0.2, 0) is 9.47 Å². The van der Waals surface area contributed by atoms with Crippen LogP contribution in [0.1, 0.15) is 86.5 Å². The van der Waals surface area contributed by atoms with E-state index in [0.29, 0.717) is 24.5 Å². The Morgan fingerprint density at radius 1 is 0.935 bits per heavy atom. The molecule has 7 nitrogen and oxygen atoms in total. The van der Waals surface area contributed by atoms with Crippen molar-refractivity contribution in [2.45, 2.75) is 116 Å². The van der Waals surface area contributed by atoms with Crippen molar-refractivity contribution in [3.05, 3.63) is 0 Å². The molecule has 3 fully saturated rings. The van der Waals surface area contributed by atoms with Gasteiger partial charge in [-0.2, -0.15) is 0 Å². The highest BCUT2D eigenvalue weighted by molar-refractivity contribution is 5.69. The van der Waals surface area contributed by atoms with Crippen molar-refractivity contribution in [3.63, 3.8) is 0 Å². The van der Waals surface area contributed by atoms with Crippen LogP contribution in [0.3, 0.4) is 0 Å². The molecule has 3 rings (SSSR count). The molecular weight excluding hydrogens is 394 g/mol. The van der Waals surface area contributed by atoms with Crippen molar-refractivity contribution in [2.24, 2.45) is 5.92 Å². The van der Waals surface area contributed by atoms with Gasteiger partial charge in [-0.05, 0) is 86.0 Å². The molecule has 31 heavy (non-hydrogen) atoms. The van der Waals surface area contributed by atoms with E-state index in [4.69, 9.17) is 9.47 Å². The summed E-state index contributed by atoms with van der Waals surface area (Å²) in [6, 6.07) is 0.960. The molecule has 1 N–H and O–H groups in total. The van der Waals surface area contributed by atoms with E-state index in [-0.39, 0.29) is 18.2 Å². The topological polar surface area (TPSA) is 71.1 Å². The molecule has 0 aromatic heterocycles. The van der Waals surface area contributed by atoms with Crippen LogP contribution in [0.2, 0.25) is 0 Å². The van der Waals surface area contributed by atoms with E-state index in [2.05, 4.69) is 5.32 Å². The second-order valence-electron chi connectivity index (χ2n) is 11.4. The van der Waals surface area contributed by atoms with E-state index in [1.54, 1.807) is 0 Å². The van der Waals surface area contributed by atoms with Gasteiger partial charge in [-0.25, -0.2) is 9.59 Å². The molecule has 2 aliphatic carbocycles. The highest BCUT2D eigenvalue weighted by Crippen LogP contribution is 2.36. The van der Waals surface area contributed by atoms with Gasteiger partial charge in [-0.15, -0.1) is 0 Å². The molecule has 3 aliphatic rings. The molecular formula is C24H43N3O4. The second-order valence-corrected chi connectivity index (χ2v) is 11.4. The lowest BCUT2D eigenvalue weighted by Crippen LogP contribution is -2.49. The molecule has 2 amide bonds. The molecule has 1 heterocycles. The summed E-state index contributed by atoms with van der Waals surface area (Å²) in [6.45, 7) is 13.7. The van der Waals surface area contributed by atoms with E-state index in [1.165, 1.54) is 6.42 Å². The first-order valence-electron chi connectivity index (χ1n) is 12.2. The third kappa shape index (κ3) is 6.99. The molecule has 1 aliphatic heterocycles. The molecule has 7 heteroatoms. The number of carbonyl (C=O) groups excluding carboxylic acids is 2. The molecule has 3 unspecified atom stereocenters. The number of hydrogen-bond donors (Lipinski definition) is 1. The van der Waals surface area contributed by atoms with Gasteiger partial charge in [-0.3, -0.25) is 0 Å². The second kappa shape index (κ2) is 9.55. The fourth-order valence-electron chi connectivity index (χ4n) is 4.99. The van der Waals surface area contributed by atoms with Gasteiger partial charge in [-0.1, -0.05) is 6.42 Å². The minimum absolute atomic E-state index is 0.175. The van der Waals surface area contributed by atoms with Crippen LogP contribution in [0.4, 0.5) is 9.59 Å². The van der Waals surface area contributed by atoms with Gasteiger partial charge >= 0.3 is 12.2 Å². The zero-order valence-corrected chi connectivity index (χ0v) is 20.4. The Morgan fingerprint density at radius 2 is 1.61 bits per heavy atom. The Morgan fingerprint density at radius 3 is 2.23 bits per heavy atom. The van der Waals surface area contributed by atoms with E-state index in [0.717, 1.165) is 51.6 Å². The monoisotopic (exact) mass is 437 g/mol. The number of ether oxygens (including phenoxy) is 2. The van der Waals surface area contributed by atoms with Crippen molar-refractivity contribution in [1.82, 2.24) is 15.1 Å². The van der Waals surface area contributed by atoms with Gasteiger partial charge in [0.1, 0.15) is 11.2 Å². The van der Waals surface area contributed by atoms with Gasteiger partial charge in [0.2, 0.25) is 0 Å². The Balaban J connectivity index is 1.53. The van der Waals surface area contributed by atoms with Crippen LogP contribution in [0.5, 0.6) is 0 Å². The number of nitrogens with one attached hydrogen (secondary N) is 1. The zero-order valence-electron chi connectivity index (χ0n) is 20.4. The predicted molar refractivity (Wildman–Crippen MR) is 121 cm³/mol. The molecule has 0 spiro atoms. The molecule has 0 bridgehead atoms.